The number of hydrogen-bond acceptors (Lipinski definition) is 9. The van der Waals surface area contributed by atoms with Gasteiger partial charge in [0.2, 0.25) is 23.6 Å². The van der Waals surface area contributed by atoms with Crippen molar-refractivity contribution < 1.29 is 33.1 Å². The third-order valence-electron chi connectivity index (χ3n) is 10.1. The van der Waals surface area contributed by atoms with E-state index in [0.717, 1.165) is 0 Å². The standard InChI is InChI=1S/C44H54F2N6O5/c1-29(2)39(47)42(56)51(37(53)23-21-33-19-11-13-25-49-33)35(27-31-15-7-5-8-16-31)41(55)44(45,46)36(28-32-17-9-6-10-18-32)52(43(57)40(48)30(3)4)38(54)24-22-34-20-12-14-26-50-34/h5-20,25-26,29-30,35-36,39-41,55H,21-24,27-28,47-48H2,1-4H3/t35-,36-,39-,40-,41+/m0/s1. The fourth-order valence-corrected chi connectivity index (χ4v) is 6.51. The Balaban J connectivity index is 1.88. The summed E-state index contributed by atoms with van der Waals surface area (Å²) >= 11 is 0. The molecule has 0 bridgehead atoms. The van der Waals surface area contributed by atoms with E-state index >= 15 is 8.78 Å². The molecule has 0 spiro atoms. The van der Waals surface area contributed by atoms with Gasteiger partial charge in [0.25, 0.3) is 5.92 Å². The van der Waals surface area contributed by atoms with Crippen LogP contribution in [0.1, 0.15) is 63.1 Å². The largest absolute Gasteiger partial charge is 0.385 e. The lowest BCUT2D eigenvalue weighted by Crippen LogP contribution is -2.67. The van der Waals surface area contributed by atoms with Crippen molar-refractivity contribution in [3.05, 3.63) is 132 Å². The van der Waals surface area contributed by atoms with Crippen molar-refractivity contribution in [2.75, 3.05) is 0 Å². The SMILES string of the molecule is CC(C)[C@H](N)C(=O)N(C(=O)CCc1ccccn1)[C@@H](Cc1ccccc1)C(F)(F)[C@H](O)[C@H](Cc1ccccc1)N(C(=O)CCc1ccccn1)C(=O)[C@@H](N)C(C)C. The summed E-state index contributed by atoms with van der Waals surface area (Å²) in [7, 11) is 0. The van der Waals surface area contributed by atoms with E-state index in [-0.39, 0.29) is 25.7 Å². The van der Waals surface area contributed by atoms with Gasteiger partial charge in [-0.2, -0.15) is 0 Å². The molecule has 13 heteroatoms. The van der Waals surface area contributed by atoms with Gasteiger partial charge in [-0.3, -0.25) is 38.9 Å². The van der Waals surface area contributed by atoms with Crippen LogP contribution in [-0.4, -0.2) is 84.7 Å². The number of rotatable bonds is 19. The van der Waals surface area contributed by atoms with Crippen LogP contribution in [0.25, 0.3) is 0 Å². The van der Waals surface area contributed by atoms with Crippen molar-refractivity contribution in [2.45, 2.75) is 102 Å². The Kier molecular flexibility index (Phi) is 16.2. The van der Waals surface area contributed by atoms with Gasteiger partial charge in [0.1, 0.15) is 12.1 Å². The molecule has 4 rings (SSSR count). The Labute approximate surface area is 333 Å². The fraction of sp³-hybridized carbons (Fsp3) is 0.409. The van der Waals surface area contributed by atoms with Gasteiger partial charge in [0.05, 0.1) is 18.1 Å². The number of amides is 4. The maximum atomic E-state index is 17.9. The van der Waals surface area contributed by atoms with E-state index in [9.17, 15) is 24.3 Å². The van der Waals surface area contributed by atoms with Gasteiger partial charge in [0.15, 0.2) is 0 Å². The lowest BCUT2D eigenvalue weighted by Gasteiger charge is -2.43. The normalized spacial score (nSPS) is 14.4. The zero-order valence-electron chi connectivity index (χ0n) is 33.0. The number of aliphatic hydroxyl groups excluding tert-OH is 1. The number of nitrogens with two attached hydrogens (primary N) is 2. The maximum absolute atomic E-state index is 17.9. The Hall–Kier alpha value is -5.24. The van der Waals surface area contributed by atoms with Gasteiger partial charge < -0.3 is 16.6 Å². The summed E-state index contributed by atoms with van der Waals surface area (Å²) in [4.78, 5) is 66.6. The summed E-state index contributed by atoms with van der Waals surface area (Å²) < 4.78 is 35.8. The molecule has 0 unspecified atom stereocenters. The van der Waals surface area contributed by atoms with Crippen LogP contribution in [0.2, 0.25) is 0 Å². The van der Waals surface area contributed by atoms with Crippen molar-refractivity contribution in [2.24, 2.45) is 23.3 Å². The number of aliphatic hydroxyl groups is 1. The zero-order valence-corrected chi connectivity index (χ0v) is 33.0. The molecule has 0 fully saturated rings. The predicted octanol–water partition coefficient (Wildman–Crippen LogP) is 4.94. The predicted molar refractivity (Wildman–Crippen MR) is 213 cm³/mol. The van der Waals surface area contributed by atoms with Gasteiger partial charge >= 0.3 is 0 Å². The number of pyridine rings is 2. The lowest BCUT2D eigenvalue weighted by atomic mass is 9.87. The van der Waals surface area contributed by atoms with Crippen molar-refractivity contribution in [1.29, 1.82) is 0 Å². The number of alkyl halides is 2. The Morgan fingerprint density at radius 2 is 1.04 bits per heavy atom. The smallest absolute Gasteiger partial charge is 0.296 e. The van der Waals surface area contributed by atoms with Crippen LogP contribution in [0.3, 0.4) is 0 Å². The molecule has 11 nitrogen and oxygen atoms in total. The highest BCUT2D eigenvalue weighted by atomic mass is 19.3. The molecule has 0 saturated carbocycles. The van der Waals surface area contributed by atoms with Gasteiger partial charge in [-0.1, -0.05) is 100 Å². The highest BCUT2D eigenvalue weighted by Crippen LogP contribution is 2.36. The third-order valence-corrected chi connectivity index (χ3v) is 10.1. The molecule has 5 N–H and O–H groups in total. The average molecular weight is 785 g/mol. The minimum Gasteiger partial charge on any atom is -0.385 e. The first-order chi connectivity index (χ1) is 27.1. The van der Waals surface area contributed by atoms with Crippen LogP contribution >= 0.6 is 0 Å². The van der Waals surface area contributed by atoms with E-state index < -0.39 is 84.5 Å². The quantitative estimate of drug-likeness (QED) is 0.119. The van der Waals surface area contributed by atoms with Crippen LogP contribution in [0.5, 0.6) is 0 Å². The summed E-state index contributed by atoms with van der Waals surface area (Å²) in [6, 6.07) is 19.7. The number of halogens is 2. The molecule has 0 aliphatic heterocycles. The molecule has 0 radical (unpaired) electrons. The number of aryl methyl sites for hydroxylation is 2. The second kappa shape index (κ2) is 20.8. The fourth-order valence-electron chi connectivity index (χ4n) is 6.51. The summed E-state index contributed by atoms with van der Waals surface area (Å²) in [6.07, 6.45) is -1.29. The summed E-state index contributed by atoms with van der Waals surface area (Å²) in [6.45, 7) is 6.58. The van der Waals surface area contributed by atoms with Gasteiger partial charge in [0, 0.05) is 36.6 Å². The van der Waals surface area contributed by atoms with Gasteiger partial charge in [-0.05, 0) is 72.9 Å². The van der Waals surface area contributed by atoms with Crippen LogP contribution in [0.15, 0.2) is 109 Å². The molecular formula is C44H54F2N6O5. The monoisotopic (exact) mass is 784 g/mol. The molecule has 2 aromatic carbocycles. The second-order valence-corrected chi connectivity index (χ2v) is 15.0. The maximum Gasteiger partial charge on any atom is 0.296 e. The van der Waals surface area contributed by atoms with E-state index in [4.69, 9.17) is 11.5 Å². The molecule has 57 heavy (non-hydrogen) atoms. The Morgan fingerprint density at radius 3 is 1.46 bits per heavy atom. The van der Waals surface area contributed by atoms with Crippen molar-refractivity contribution >= 4 is 23.6 Å². The minimum absolute atomic E-state index is 0.0311. The van der Waals surface area contributed by atoms with Crippen LogP contribution in [0, 0.1) is 11.8 Å². The minimum atomic E-state index is -4.34. The van der Waals surface area contributed by atoms with E-state index in [1.54, 1.807) is 131 Å². The topological polar surface area (TPSA) is 173 Å². The molecule has 4 aromatic rings. The van der Waals surface area contributed by atoms with Crippen molar-refractivity contribution in [3.63, 3.8) is 0 Å². The van der Waals surface area contributed by atoms with Gasteiger partial charge in [-0.25, -0.2) is 8.78 Å². The number of carbonyl (C=O) groups is 4. The molecule has 0 aliphatic carbocycles. The average Bonchev–Trinajstić information content (AvgIpc) is 3.22. The zero-order chi connectivity index (χ0) is 41.7. The van der Waals surface area contributed by atoms with Gasteiger partial charge in [-0.15, -0.1) is 0 Å². The first-order valence-electron chi connectivity index (χ1n) is 19.3. The molecule has 0 aliphatic rings. The van der Waals surface area contributed by atoms with Crippen molar-refractivity contribution in [3.8, 4) is 0 Å². The summed E-state index contributed by atoms with van der Waals surface area (Å²) in [5.74, 6) is -9.20. The Morgan fingerprint density at radius 1 is 0.632 bits per heavy atom. The highest BCUT2D eigenvalue weighted by molar-refractivity contribution is 5.99. The van der Waals surface area contributed by atoms with E-state index in [0.29, 0.717) is 32.3 Å². The number of nitrogens with zero attached hydrogens (tertiary/aromatic N) is 4. The molecule has 5 atom stereocenters. The molecule has 2 heterocycles. The number of hydrogen-bond donors (Lipinski definition) is 3. The molecule has 4 amide bonds. The van der Waals surface area contributed by atoms with Crippen molar-refractivity contribution in [1.82, 2.24) is 19.8 Å². The molecule has 0 saturated heterocycles. The number of aromatic nitrogens is 2. The first-order valence-corrected chi connectivity index (χ1v) is 19.3. The third kappa shape index (κ3) is 11.9. The highest BCUT2D eigenvalue weighted by Gasteiger charge is 2.57. The van der Waals surface area contributed by atoms with Crippen LogP contribution in [-0.2, 0) is 44.9 Å². The van der Waals surface area contributed by atoms with E-state index in [2.05, 4.69) is 9.97 Å². The molecule has 304 valence electrons. The number of benzene rings is 2. The van der Waals surface area contributed by atoms with E-state index in [1.807, 2.05) is 0 Å². The molecular weight excluding hydrogens is 731 g/mol. The molecule has 2 aromatic heterocycles. The summed E-state index contributed by atoms with van der Waals surface area (Å²) in [5.41, 5.74) is 14.4. The first kappa shape index (κ1) is 44.5. The number of carbonyl (C=O) groups excluding carboxylic acids is 4. The number of imide groups is 2. The Bertz CT molecular complexity index is 1890. The van der Waals surface area contributed by atoms with E-state index in [1.165, 1.54) is 6.20 Å². The second-order valence-electron chi connectivity index (χ2n) is 15.0. The van der Waals surface area contributed by atoms with Crippen LogP contribution in [0.4, 0.5) is 8.78 Å². The lowest BCUT2D eigenvalue weighted by molar-refractivity contribution is -0.193. The summed E-state index contributed by atoms with van der Waals surface area (Å²) in [5, 5.41) is 12.2. The van der Waals surface area contributed by atoms with Crippen LogP contribution < -0.4 is 11.5 Å².